The molecular formula is C17H23ClN4O. The van der Waals surface area contributed by atoms with Crippen molar-refractivity contribution < 1.29 is 4.79 Å². The van der Waals surface area contributed by atoms with Crippen LogP contribution in [0.2, 0.25) is 5.02 Å². The minimum Gasteiger partial charge on any atom is -0.331 e. The number of carbonyl (C=O) groups excluding carboxylic acids is 1. The summed E-state index contributed by atoms with van der Waals surface area (Å²) in [6, 6.07) is 7.35. The Labute approximate surface area is 142 Å². The summed E-state index contributed by atoms with van der Waals surface area (Å²) < 4.78 is 1.86. The fraction of sp³-hybridized carbons (Fsp3) is 0.412. The molecule has 1 atom stereocenters. The van der Waals surface area contributed by atoms with Crippen molar-refractivity contribution in [3.05, 3.63) is 52.8 Å². The molecule has 1 aromatic heterocycles. The van der Waals surface area contributed by atoms with Crippen molar-refractivity contribution in [2.24, 2.45) is 0 Å². The van der Waals surface area contributed by atoms with Crippen molar-refractivity contribution >= 4 is 17.6 Å². The van der Waals surface area contributed by atoms with E-state index in [1.54, 1.807) is 4.90 Å². The first-order valence-corrected chi connectivity index (χ1v) is 8.23. The van der Waals surface area contributed by atoms with Crippen LogP contribution >= 0.6 is 11.6 Å². The molecule has 5 nitrogen and oxygen atoms in total. The Morgan fingerprint density at radius 2 is 2.04 bits per heavy atom. The maximum atomic E-state index is 12.5. The number of halogens is 1. The quantitative estimate of drug-likeness (QED) is 0.872. The van der Waals surface area contributed by atoms with Crippen LogP contribution in [-0.4, -0.2) is 27.3 Å². The topological polar surface area (TPSA) is 50.2 Å². The van der Waals surface area contributed by atoms with Crippen molar-refractivity contribution in [2.45, 2.75) is 39.9 Å². The van der Waals surface area contributed by atoms with E-state index in [4.69, 9.17) is 11.6 Å². The first-order valence-electron chi connectivity index (χ1n) is 7.85. The van der Waals surface area contributed by atoms with E-state index in [-0.39, 0.29) is 12.1 Å². The van der Waals surface area contributed by atoms with Crippen molar-refractivity contribution in [2.75, 3.05) is 6.54 Å². The van der Waals surface area contributed by atoms with Gasteiger partial charge in [-0.1, -0.05) is 23.7 Å². The Morgan fingerprint density at radius 1 is 1.35 bits per heavy atom. The van der Waals surface area contributed by atoms with Gasteiger partial charge in [-0.05, 0) is 38.5 Å². The third-order valence-corrected chi connectivity index (χ3v) is 4.02. The second-order valence-electron chi connectivity index (χ2n) is 5.44. The fourth-order valence-corrected chi connectivity index (χ4v) is 2.45. The smallest absolute Gasteiger partial charge is 0.318 e. The molecule has 1 N–H and O–H groups in total. The van der Waals surface area contributed by atoms with E-state index in [2.05, 4.69) is 10.4 Å². The minimum atomic E-state index is -0.0841. The van der Waals surface area contributed by atoms with Gasteiger partial charge in [0.15, 0.2) is 0 Å². The van der Waals surface area contributed by atoms with E-state index in [0.29, 0.717) is 18.1 Å². The number of benzene rings is 1. The van der Waals surface area contributed by atoms with Gasteiger partial charge in [-0.3, -0.25) is 4.68 Å². The molecule has 2 amide bonds. The summed E-state index contributed by atoms with van der Waals surface area (Å²) in [4.78, 5) is 14.2. The Balaban J connectivity index is 1.97. The van der Waals surface area contributed by atoms with Crippen LogP contribution in [0, 0.1) is 0 Å². The van der Waals surface area contributed by atoms with E-state index >= 15 is 0 Å². The summed E-state index contributed by atoms with van der Waals surface area (Å²) >= 11 is 5.90. The highest BCUT2D eigenvalue weighted by Gasteiger charge is 2.16. The van der Waals surface area contributed by atoms with Crippen LogP contribution in [0.25, 0.3) is 0 Å². The Morgan fingerprint density at radius 3 is 2.61 bits per heavy atom. The van der Waals surface area contributed by atoms with Gasteiger partial charge in [-0.25, -0.2) is 4.79 Å². The maximum absolute atomic E-state index is 12.5. The van der Waals surface area contributed by atoms with Gasteiger partial charge >= 0.3 is 6.03 Å². The largest absolute Gasteiger partial charge is 0.331 e. The number of carbonyl (C=O) groups is 1. The number of hydrogen-bond donors (Lipinski definition) is 1. The number of aryl methyl sites for hydroxylation is 1. The van der Waals surface area contributed by atoms with Crippen LogP contribution in [0.1, 0.15) is 37.9 Å². The molecule has 6 heteroatoms. The molecule has 0 aliphatic rings. The Kier molecular flexibility index (Phi) is 6.04. The summed E-state index contributed by atoms with van der Waals surface area (Å²) in [7, 11) is 0. The van der Waals surface area contributed by atoms with Gasteiger partial charge in [-0.15, -0.1) is 0 Å². The average Bonchev–Trinajstić information content (AvgIpc) is 3.00. The molecule has 0 saturated carbocycles. The number of aromatic nitrogens is 2. The standard InChI is InChI=1S/C17H23ClN4O/c1-4-21(11-14-10-19-22(5-2)12-14)17(23)20-13(3)15-6-8-16(18)9-7-15/h6-10,12-13H,4-5,11H2,1-3H3,(H,20,23). The van der Waals surface area contributed by atoms with Gasteiger partial charge in [0.05, 0.1) is 18.8 Å². The molecule has 23 heavy (non-hydrogen) atoms. The zero-order valence-electron chi connectivity index (χ0n) is 13.8. The van der Waals surface area contributed by atoms with Crippen molar-refractivity contribution in [1.82, 2.24) is 20.0 Å². The maximum Gasteiger partial charge on any atom is 0.318 e. The molecule has 0 radical (unpaired) electrons. The van der Waals surface area contributed by atoms with E-state index in [1.165, 1.54) is 0 Å². The molecular weight excluding hydrogens is 312 g/mol. The zero-order valence-corrected chi connectivity index (χ0v) is 14.5. The van der Waals surface area contributed by atoms with Crippen LogP contribution in [0.5, 0.6) is 0 Å². The lowest BCUT2D eigenvalue weighted by molar-refractivity contribution is 0.195. The lowest BCUT2D eigenvalue weighted by Crippen LogP contribution is -2.40. The molecule has 0 fully saturated rings. The lowest BCUT2D eigenvalue weighted by Gasteiger charge is -2.23. The number of urea groups is 1. The van der Waals surface area contributed by atoms with Crippen molar-refractivity contribution in [1.29, 1.82) is 0 Å². The molecule has 1 aromatic carbocycles. The third-order valence-electron chi connectivity index (χ3n) is 3.76. The fourth-order valence-electron chi connectivity index (χ4n) is 2.32. The van der Waals surface area contributed by atoms with E-state index in [0.717, 1.165) is 17.7 Å². The molecule has 0 bridgehead atoms. The van der Waals surface area contributed by atoms with Crippen LogP contribution < -0.4 is 5.32 Å². The number of hydrogen-bond acceptors (Lipinski definition) is 2. The molecule has 0 spiro atoms. The van der Waals surface area contributed by atoms with E-state index < -0.39 is 0 Å². The van der Waals surface area contributed by atoms with Gasteiger partial charge in [0.2, 0.25) is 0 Å². The summed E-state index contributed by atoms with van der Waals surface area (Å²) in [5.41, 5.74) is 2.06. The highest BCUT2D eigenvalue weighted by atomic mass is 35.5. The van der Waals surface area contributed by atoms with Gasteiger partial charge in [-0.2, -0.15) is 5.10 Å². The Hall–Kier alpha value is -2.01. The number of nitrogens with zero attached hydrogens (tertiary/aromatic N) is 3. The van der Waals surface area contributed by atoms with Crippen molar-refractivity contribution in [3.8, 4) is 0 Å². The third kappa shape index (κ3) is 4.73. The van der Waals surface area contributed by atoms with Crippen LogP contribution in [0.3, 0.4) is 0 Å². The predicted octanol–water partition coefficient (Wildman–Crippen LogP) is 3.85. The number of nitrogens with one attached hydrogen (secondary N) is 1. The van der Waals surface area contributed by atoms with Crippen LogP contribution in [0.4, 0.5) is 4.79 Å². The highest BCUT2D eigenvalue weighted by Crippen LogP contribution is 2.16. The normalized spacial score (nSPS) is 12.0. The number of amides is 2. The predicted molar refractivity (Wildman–Crippen MR) is 92.4 cm³/mol. The average molecular weight is 335 g/mol. The molecule has 2 aromatic rings. The molecule has 0 saturated heterocycles. The SMILES string of the molecule is CCN(Cc1cnn(CC)c1)C(=O)NC(C)c1ccc(Cl)cc1. The molecule has 1 unspecified atom stereocenters. The van der Waals surface area contributed by atoms with Crippen LogP contribution in [0.15, 0.2) is 36.7 Å². The summed E-state index contributed by atoms with van der Waals surface area (Å²) in [6.07, 6.45) is 3.78. The molecule has 0 aliphatic carbocycles. The lowest BCUT2D eigenvalue weighted by atomic mass is 10.1. The van der Waals surface area contributed by atoms with Crippen LogP contribution in [-0.2, 0) is 13.1 Å². The van der Waals surface area contributed by atoms with Gasteiger partial charge in [0.1, 0.15) is 0 Å². The summed E-state index contributed by atoms with van der Waals surface area (Å²) in [5, 5.41) is 7.96. The van der Waals surface area contributed by atoms with Gasteiger partial charge < -0.3 is 10.2 Å². The monoisotopic (exact) mass is 334 g/mol. The molecule has 2 rings (SSSR count). The Bertz CT molecular complexity index is 638. The number of rotatable bonds is 6. The first-order chi connectivity index (χ1) is 11.0. The molecule has 0 aliphatic heterocycles. The molecule has 124 valence electrons. The highest BCUT2D eigenvalue weighted by molar-refractivity contribution is 6.30. The second kappa shape index (κ2) is 8.02. The first kappa shape index (κ1) is 17.3. The molecule has 1 heterocycles. The van der Waals surface area contributed by atoms with Gasteiger partial charge in [0, 0.05) is 29.9 Å². The van der Waals surface area contributed by atoms with E-state index in [9.17, 15) is 4.79 Å². The van der Waals surface area contributed by atoms with Crippen molar-refractivity contribution in [3.63, 3.8) is 0 Å². The minimum absolute atomic E-state index is 0.0767. The summed E-state index contributed by atoms with van der Waals surface area (Å²) in [6.45, 7) is 7.98. The summed E-state index contributed by atoms with van der Waals surface area (Å²) in [5.74, 6) is 0. The zero-order chi connectivity index (χ0) is 16.8. The van der Waals surface area contributed by atoms with Gasteiger partial charge in [0.25, 0.3) is 0 Å². The van der Waals surface area contributed by atoms with E-state index in [1.807, 2.05) is 62.1 Å². The second-order valence-corrected chi connectivity index (χ2v) is 5.88.